The molecule has 0 fully saturated rings. The summed E-state index contributed by atoms with van der Waals surface area (Å²) in [6.07, 6.45) is 1.60. The molecule has 0 atom stereocenters. The summed E-state index contributed by atoms with van der Waals surface area (Å²) in [4.78, 5) is 31.2. The smallest absolute Gasteiger partial charge is 0.337 e. The van der Waals surface area contributed by atoms with E-state index in [-0.39, 0.29) is 13.2 Å². The molecule has 0 aliphatic rings. The molecule has 0 saturated heterocycles. The van der Waals surface area contributed by atoms with Crippen LogP contribution in [0, 0.1) is 6.92 Å². The molecule has 8 nitrogen and oxygen atoms in total. The third kappa shape index (κ3) is 3.66. The van der Waals surface area contributed by atoms with E-state index in [9.17, 15) is 9.59 Å². The van der Waals surface area contributed by atoms with Gasteiger partial charge in [0.1, 0.15) is 5.75 Å². The Hall–Kier alpha value is -3.65. The van der Waals surface area contributed by atoms with Crippen LogP contribution in [0.3, 0.4) is 0 Å². The van der Waals surface area contributed by atoms with Crippen LogP contribution >= 0.6 is 0 Å². The number of hydrogen-bond donors (Lipinski definition) is 0. The maximum atomic E-state index is 13.4. The molecule has 0 unspecified atom stereocenters. The molecule has 0 saturated carbocycles. The van der Waals surface area contributed by atoms with Crippen molar-refractivity contribution >= 4 is 11.2 Å². The Kier molecular flexibility index (Phi) is 5.73. The third-order valence-corrected chi connectivity index (χ3v) is 5.35. The summed E-state index contributed by atoms with van der Waals surface area (Å²) >= 11 is 0. The summed E-state index contributed by atoms with van der Waals surface area (Å²) in [6, 6.07) is 15.1. The minimum absolute atomic E-state index is 0.134. The molecule has 8 heteroatoms. The normalized spacial score (nSPS) is 11.2. The molecule has 2 aromatic heterocycles. The van der Waals surface area contributed by atoms with Gasteiger partial charge in [0.15, 0.2) is 11.2 Å². The van der Waals surface area contributed by atoms with E-state index in [2.05, 4.69) is 4.98 Å². The number of para-hydroxylation sites is 2. The largest absolute Gasteiger partial charge is 0.495 e. The Morgan fingerprint density at radius 3 is 2.48 bits per heavy atom. The summed E-state index contributed by atoms with van der Waals surface area (Å²) in [5.74, 6) is 0.510. The number of aryl methyl sites for hydroxylation is 1. The summed E-state index contributed by atoms with van der Waals surface area (Å²) in [5.41, 5.74) is 2.47. The van der Waals surface area contributed by atoms with Crippen molar-refractivity contribution in [2.45, 2.75) is 20.0 Å². The van der Waals surface area contributed by atoms with E-state index in [1.807, 2.05) is 43.3 Å². The van der Waals surface area contributed by atoms with Gasteiger partial charge in [-0.2, -0.15) is 0 Å². The van der Waals surface area contributed by atoms with Crippen LogP contribution in [0.15, 0.2) is 64.4 Å². The second-order valence-electron chi connectivity index (χ2n) is 7.21. The van der Waals surface area contributed by atoms with Crippen LogP contribution in [-0.4, -0.2) is 39.5 Å². The Morgan fingerprint density at radius 2 is 1.74 bits per heavy atom. The van der Waals surface area contributed by atoms with E-state index in [0.717, 1.165) is 11.1 Å². The fourth-order valence-corrected chi connectivity index (χ4v) is 3.68. The molecule has 0 radical (unpaired) electrons. The van der Waals surface area contributed by atoms with Crippen molar-refractivity contribution in [3.63, 3.8) is 0 Å². The first kappa shape index (κ1) is 20.6. The van der Waals surface area contributed by atoms with Gasteiger partial charge < -0.3 is 14.0 Å². The van der Waals surface area contributed by atoms with E-state index in [1.54, 1.807) is 30.1 Å². The lowest BCUT2D eigenvalue weighted by molar-refractivity contribution is 0.184. The van der Waals surface area contributed by atoms with Crippen molar-refractivity contribution in [3.05, 3.63) is 86.8 Å². The van der Waals surface area contributed by atoms with Crippen LogP contribution in [0.4, 0.5) is 0 Å². The lowest BCUT2D eigenvalue weighted by Crippen LogP contribution is -2.41. The van der Waals surface area contributed by atoms with Crippen LogP contribution < -0.4 is 16.0 Å². The van der Waals surface area contributed by atoms with Gasteiger partial charge in [0.25, 0.3) is 5.56 Å². The van der Waals surface area contributed by atoms with E-state index in [4.69, 9.17) is 9.47 Å². The topological polar surface area (TPSA) is 80.3 Å². The average Bonchev–Trinajstić information content (AvgIpc) is 3.19. The van der Waals surface area contributed by atoms with Gasteiger partial charge in [0, 0.05) is 13.7 Å². The molecule has 0 amide bonds. The maximum Gasteiger partial charge on any atom is 0.337 e. The van der Waals surface area contributed by atoms with Gasteiger partial charge in [-0.25, -0.2) is 14.3 Å². The van der Waals surface area contributed by atoms with Crippen LogP contribution in [0.1, 0.15) is 11.1 Å². The predicted molar refractivity (Wildman–Crippen MR) is 118 cm³/mol. The van der Waals surface area contributed by atoms with Gasteiger partial charge in [-0.1, -0.05) is 36.4 Å². The number of ether oxygens (including phenoxy) is 2. The number of rotatable bonds is 7. The highest BCUT2D eigenvalue weighted by molar-refractivity contribution is 5.73. The maximum absolute atomic E-state index is 13.4. The monoisotopic (exact) mass is 420 g/mol. The lowest BCUT2D eigenvalue weighted by atomic mass is 10.1. The summed E-state index contributed by atoms with van der Waals surface area (Å²) in [6.45, 7) is 2.86. The molecule has 2 heterocycles. The third-order valence-electron chi connectivity index (χ3n) is 5.35. The Labute approximate surface area is 178 Å². The molecule has 4 rings (SSSR count). The molecular formula is C23H24N4O4. The van der Waals surface area contributed by atoms with E-state index in [1.165, 1.54) is 16.2 Å². The first-order valence-corrected chi connectivity index (χ1v) is 9.94. The number of aromatic nitrogens is 4. The van der Waals surface area contributed by atoms with Gasteiger partial charge in [0.2, 0.25) is 0 Å². The molecular weight excluding hydrogens is 396 g/mol. The zero-order valence-corrected chi connectivity index (χ0v) is 17.7. The van der Waals surface area contributed by atoms with Gasteiger partial charge in [-0.05, 0) is 30.2 Å². The van der Waals surface area contributed by atoms with Crippen molar-refractivity contribution in [2.75, 3.05) is 20.8 Å². The molecule has 4 aromatic rings. The molecule has 2 aromatic carbocycles. The summed E-state index contributed by atoms with van der Waals surface area (Å²) < 4.78 is 15.0. The Morgan fingerprint density at radius 1 is 1.00 bits per heavy atom. The number of methoxy groups -OCH3 is 2. The lowest BCUT2D eigenvalue weighted by Gasteiger charge is -2.15. The van der Waals surface area contributed by atoms with Gasteiger partial charge in [0.05, 0.1) is 32.3 Å². The molecule has 160 valence electrons. The second-order valence-corrected chi connectivity index (χ2v) is 7.21. The number of nitrogens with zero attached hydrogens (tertiary/aromatic N) is 4. The molecule has 0 aliphatic carbocycles. The van der Waals surface area contributed by atoms with E-state index < -0.39 is 11.2 Å². The molecule has 0 N–H and O–H groups in total. The summed E-state index contributed by atoms with van der Waals surface area (Å²) in [7, 11) is 3.07. The molecule has 0 bridgehead atoms. The fraction of sp³-hybridized carbons (Fsp3) is 0.261. The highest BCUT2D eigenvalue weighted by atomic mass is 16.5. The molecule has 0 spiro atoms. The van der Waals surface area contributed by atoms with Crippen molar-refractivity contribution in [1.29, 1.82) is 0 Å². The average molecular weight is 420 g/mol. The Bertz CT molecular complexity index is 1350. The number of imidazole rings is 1. The first-order valence-electron chi connectivity index (χ1n) is 9.94. The van der Waals surface area contributed by atoms with Gasteiger partial charge in [-0.15, -0.1) is 0 Å². The second kappa shape index (κ2) is 8.61. The number of hydrogen-bond acceptors (Lipinski definition) is 5. The zero-order chi connectivity index (χ0) is 22.0. The fourth-order valence-electron chi connectivity index (χ4n) is 3.68. The number of benzene rings is 2. The van der Waals surface area contributed by atoms with Crippen LogP contribution in [0.5, 0.6) is 5.75 Å². The van der Waals surface area contributed by atoms with E-state index in [0.29, 0.717) is 29.1 Å². The van der Waals surface area contributed by atoms with Crippen molar-refractivity contribution in [2.24, 2.45) is 0 Å². The summed E-state index contributed by atoms with van der Waals surface area (Å²) in [5, 5.41) is 0. The molecule has 0 aliphatic heterocycles. The highest BCUT2D eigenvalue weighted by Gasteiger charge is 2.21. The minimum atomic E-state index is -0.486. The van der Waals surface area contributed by atoms with Crippen LogP contribution in [0.2, 0.25) is 0 Å². The first-order chi connectivity index (χ1) is 15.1. The van der Waals surface area contributed by atoms with Crippen molar-refractivity contribution in [1.82, 2.24) is 18.7 Å². The quantitative estimate of drug-likeness (QED) is 0.459. The van der Waals surface area contributed by atoms with Crippen molar-refractivity contribution in [3.8, 4) is 11.4 Å². The van der Waals surface area contributed by atoms with Crippen LogP contribution in [-0.2, 0) is 17.8 Å². The standard InChI is InChI=1S/C23H24N4O4/c1-16-8-4-5-9-17(16)14-25-15-24-21-20(25)22(28)26(12-13-30-2)23(29)27(21)18-10-6-7-11-19(18)31-3/h4-11,15H,12-14H2,1-3H3. The number of fused-ring (bicyclic) bond motifs is 1. The SMILES string of the molecule is COCCn1c(=O)c2c(ncn2Cc2ccccc2C)n(-c2ccccc2OC)c1=O. The van der Waals surface area contributed by atoms with E-state index >= 15 is 0 Å². The zero-order valence-electron chi connectivity index (χ0n) is 17.7. The van der Waals surface area contributed by atoms with Gasteiger partial charge in [-0.3, -0.25) is 9.36 Å². The molecule has 31 heavy (non-hydrogen) atoms. The van der Waals surface area contributed by atoms with Gasteiger partial charge >= 0.3 is 5.69 Å². The Balaban J connectivity index is 2.02. The van der Waals surface area contributed by atoms with Crippen molar-refractivity contribution < 1.29 is 9.47 Å². The highest BCUT2D eigenvalue weighted by Crippen LogP contribution is 2.23. The minimum Gasteiger partial charge on any atom is -0.495 e. The predicted octanol–water partition coefficient (Wildman–Crippen LogP) is 2.36. The van der Waals surface area contributed by atoms with Crippen LogP contribution in [0.25, 0.3) is 16.9 Å².